The van der Waals surface area contributed by atoms with Crippen molar-refractivity contribution in [3.8, 4) is 0 Å². The van der Waals surface area contributed by atoms with Crippen LogP contribution in [0, 0.1) is 18.7 Å². The molecule has 1 aromatic carbocycles. The van der Waals surface area contributed by atoms with Crippen LogP contribution in [-0.4, -0.2) is 27.8 Å². The van der Waals surface area contributed by atoms with Crippen LogP contribution in [0.25, 0.3) is 0 Å². The maximum absolute atomic E-state index is 14.4. The van der Waals surface area contributed by atoms with Gasteiger partial charge in [-0.15, -0.1) is 0 Å². The lowest BCUT2D eigenvalue weighted by atomic mass is 9.89. The van der Waals surface area contributed by atoms with Crippen LogP contribution in [0.4, 0.5) is 18.9 Å². The van der Waals surface area contributed by atoms with Crippen LogP contribution in [0.1, 0.15) is 41.5 Å². The minimum Gasteiger partial charge on any atom is -0.387 e. The third kappa shape index (κ3) is 3.39. The predicted octanol–water partition coefficient (Wildman–Crippen LogP) is 2.84. The monoisotopic (exact) mass is 367 g/mol. The number of alkyl halides is 2. The predicted molar refractivity (Wildman–Crippen MR) is 86.5 cm³/mol. The summed E-state index contributed by atoms with van der Waals surface area (Å²) in [5, 5.41) is 5.86. The third-order valence-electron chi connectivity index (χ3n) is 4.04. The molecule has 138 valence electrons. The van der Waals surface area contributed by atoms with Gasteiger partial charge in [0, 0.05) is 30.5 Å². The van der Waals surface area contributed by atoms with Gasteiger partial charge in [-0.05, 0) is 18.2 Å². The number of aliphatic imine (C=N–C) groups is 1. The summed E-state index contributed by atoms with van der Waals surface area (Å²) in [6, 6.07) is 1.56. The number of rotatable bonds is 3. The van der Waals surface area contributed by atoms with Gasteiger partial charge in [-0.3, -0.25) is 9.79 Å². The number of carbonyl (C=O) groups excluding carboxylic acids is 1. The number of hydrogen-bond donors (Lipinski definition) is 2. The van der Waals surface area contributed by atoms with E-state index in [4.69, 9.17) is 10.3 Å². The number of nitrogens with two attached hydrogens (primary N) is 1. The summed E-state index contributed by atoms with van der Waals surface area (Å²) in [7, 11) is 0. The van der Waals surface area contributed by atoms with Gasteiger partial charge >= 0.3 is 0 Å². The van der Waals surface area contributed by atoms with Crippen molar-refractivity contribution in [2.24, 2.45) is 16.6 Å². The van der Waals surface area contributed by atoms with Crippen molar-refractivity contribution in [1.82, 2.24) is 10.1 Å². The molecule has 3 rings (SSSR count). The van der Waals surface area contributed by atoms with Gasteiger partial charge in [-0.25, -0.2) is 13.2 Å². The maximum atomic E-state index is 14.4. The van der Waals surface area contributed by atoms with E-state index in [-0.39, 0.29) is 28.8 Å². The molecule has 3 N–H and O–H groups in total. The molecule has 1 amide bonds. The zero-order chi connectivity index (χ0) is 19.1. The van der Waals surface area contributed by atoms with Gasteiger partial charge < -0.3 is 15.6 Å². The lowest BCUT2D eigenvalue weighted by Gasteiger charge is -2.32. The Morgan fingerprint density at radius 2 is 2.15 bits per heavy atom. The fourth-order valence-corrected chi connectivity index (χ4v) is 2.70. The van der Waals surface area contributed by atoms with Gasteiger partial charge in [0.25, 0.3) is 17.7 Å². The van der Waals surface area contributed by atoms with Crippen molar-refractivity contribution in [3.05, 3.63) is 41.3 Å². The smallest absolute Gasteiger partial charge is 0.297 e. The molecule has 7 nitrogen and oxygen atoms in total. The molecule has 1 aliphatic heterocycles. The Labute approximate surface area is 146 Å². The normalized spacial score (nSPS) is 22.0. The zero-order valence-electron chi connectivity index (χ0n) is 14.0. The SMILES string of the molecule is Cc1nc(C(=O)Nc2ccc(F)c(C3N=C(N)C(C)CC3(F)F)c2)no1. The number of nitrogens with one attached hydrogen (secondary N) is 1. The number of amides is 1. The fraction of sp³-hybridized carbons (Fsp3) is 0.375. The van der Waals surface area contributed by atoms with Crippen LogP contribution in [0.2, 0.25) is 0 Å². The Balaban J connectivity index is 1.92. The third-order valence-corrected chi connectivity index (χ3v) is 4.04. The van der Waals surface area contributed by atoms with E-state index in [2.05, 4.69) is 20.4 Å². The molecule has 10 heteroatoms. The van der Waals surface area contributed by atoms with Gasteiger partial charge in [-0.2, -0.15) is 4.98 Å². The molecule has 26 heavy (non-hydrogen) atoms. The standard InChI is InChI=1S/C16H16F3N5O2/c1-7-6-16(18,19)12(23-13(7)20)10-5-9(3-4-11(10)17)22-15(25)14-21-8(2)26-24-14/h3-5,7,12H,6H2,1-2H3,(H2,20,23)(H,22,25). The molecule has 0 aliphatic carbocycles. The van der Waals surface area contributed by atoms with Gasteiger partial charge in [0.1, 0.15) is 11.9 Å². The first kappa shape index (κ1) is 17.9. The molecular formula is C16H16F3N5O2. The van der Waals surface area contributed by atoms with Gasteiger partial charge in [0.05, 0.1) is 5.84 Å². The van der Waals surface area contributed by atoms with Crippen LogP contribution >= 0.6 is 0 Å². The molecule has 1 aromatic heterocycles. The molecule has 0 spiro atoms. The van der Waals surface area contributed by atoms with E-state index in [0.29, 0.717) is 0 Å². The average Bonchev–Trinajstić information content (AvgIpc) is 2.99. The summed E-state index contributed by atoms with van der Waals surface area (Å²) >= 11 is 0. The van der Waals surface area contributed by atoms with Gasteiger partial charge in [0.2, 0.25) is 5.89 Å². The number of anilines is 1. The number of aryl methyl sites for hydroxylation is 1. The first-order valence-corrected chi connectivity index (χ1v) is 7.79. The van der Waals surface area contributed by atoms with Crippen molar-refractivity contribution < 1.29 is 22.5 Å². The summed E-state index contributed by atoms with van der Waals surface area (Å²) in [6.07, 6.45) is -0.537. The number of amidine groups is 1. The second kappa shape index (κ2) is 6.43. The molecular weight excluding hydrogens is 351 g/mol. The molecule has 0 fully saturated rings. The van der Waals surface area contributed by atoms with Crippen molar-refractivity contribution in [2.75, 3.05) is 5.32 Å². The number of carbonyl (C=O) groups is 1. The van der Waals surface area contributed by atoms with E-state index in [9.17, 15) is 18.0 Å². The molecule has 2 unspecified atom stereocenters. The molecule has 2 aromatic rings. The van der Waals surface area contributed by atoms with E-state index in [1.54, 1.807) is 0 Å². The Morgan fingerprint density at radius 3 is 2.81 bits per heavy atom. The Bertz CT molecular complexity index is 881. The molecule has 0 bridgehead atoms. The molecule has 0 saturated heterocycles. The first-order chi connectivity index (χ1) is 12.2. The summed E-state index contributed by atoms with van der Waals surface area (Å²) in [5.74, 6) is -5.45. The molecule has 1 aliphatic rings. The molecule has 0 saturated carbocycles. The van der Waals surface area contributed by atoms with E-state index < -0.39 is 36.0 Å². The van der Waals surface area contributed by atoms with Crippen LogP contribution in [0.5, 0.6) is 0 Å². The van der Waals surface area contributed by atoms with Crippen LogP contribution < -0.4 is 11.1 Å². The van der Waals surface area contributed by atoms with Crippen molar-refractivity contribution in [2.45, 2.75) is 32.2 Å². The number of benzene rings is 1. The summed E-state index contributed by atoms with van der Waals surface area (Å²) in [4.78, 5) is 19.6. The van der Waals surface area contributed by atoms with Crippen LogP contribution in [-0.2, 0) is 0 Å². The largest absolute Gasteiger partial charge is 0.387 e. The number of halogens is 3. The lowest BCUT2D eigenvalue weighted by Crippen LogP contribution is -2.39. The zero-order valence-corrected chi connectivity index (χ0v) is 14.0. The first-order valence-electron chi connectivity index (χ1n) is 7.79. The van der Waals surface area contributed by atoms with E-state index >= 15 is 0 Å². The highest BCUT2D eigenvalue weighted by atomic mass is 19.3. The molecule has 0 radical (unpaired) electrons. The highest BCUT2D eigenvalue weighted by Gasteiger charge is 2.46. The fourth-order valence-electron chi connectivity index (χ4n) is 2.70. The topological polar surface area (TPSA) is 106 Å². The Morgan fingerprint density at radius 1 is 1.42 bits per heavy atom. The molecule has 2 atom stereocenters. The lowest BCUT2D eigenvalue weighted by molar-refractivity contribution is -0.0462. The van der Waals surface area contributed by atoms with E-state index in [1.807, 2.05) is 0 Å². The highest BCUT2D eigenvalue weighted by Crippen LogP contribution is 2.44. The summed E-state index contributed by atoms with van der Waals surface area (Å²) in [6.45, 7) is 3.04. The number of nitrogens with zero attached hydrogens (tertiary/aromatic N) is 3. The Kier molecular flexibility index (Phi) is 4.43. The van der Waals surface area contributed by atoms with Crippen molar-refractivity contribution in [1.29, 1.82) is 0 Å². The van der Waals surface area contributed by atoms with Crippen molar-refractivity contribution in [3.63, 3.8) is 0 Å². The molecule has 2 heterocycles. The summed E-state index contributed by atoms with van der Waals surface area (Å²) in [5.41, 5.74) is 5.41. The quantitative estimate of drug-likeness (QED) is 0.868. The second-order valence-electron chi connectivity index (χ2n) is 6.15. The Hall–Kier alpha value is -2.91. The minimum absolute atomic E-state index is 0.0389. The summed E-state index contributed by atoms with van der Waals surface area (Å²) < 4.78 is 47.6. The number of aromatic nitrogens is 2. The second-order valence-corrected chi connectivity index (χ2v) is 6.15. The maximum Gasteiger partial charge on any atom is 0.297 e. The van der Waals surface area contributed by atoms with Gasteiger partial charge in [0.15, 0.2) is 0 Å². The van der Waals surface area contributed by atoms with Crippen LogP contribution in [0.15, 0.2) is 27.7 Å². The number of hydrogen-bond acceptors (Lipinski definition) is 6. The van der Waals surface area contributed by atoms with E-state index in [0.717, 1.165) is 12.1 Å². The highest BCUT2D eigenvalue weighted by molar-refractivity contribution is 6.01. The van der Waals surface area contributed by atoms with Crippen molar-refractivity contribution >= 4 is 17.4 Å². The van der Waals surface area contributed by atoms with Gasteiger partial charge in [-0.1, -0.05) is 12.1 Å². The van der Waals surface area contributed by atoms with Crippen LogP contribution in [0.3, 0.4) is 0 Å². The minimum atomic E-state index is -3.27. The van der Waals surface area contributed by atoms with E-state index in [1.165, 1.54) is 19.9 Å². The average molecular weight is 367 g/mol.